The van der Waals surface area contributed by atoms with E-state index in [-0.39, 0.29) is 0 Å². The van der Waals surface area contributed by atoms with Gasteiger partial charge in [0.1, 0.15) is 11.6 Å². The Balaban J connectivity index is 2.10. The predicted octanol–water partition coefficient (Wildman–Crippen LogP) is 3.43. The van der Waals surface area contributed by atoms with Gasteiger partial charge < -0.3 is 5.32 Å². The van der Waals surface area contributed by atoms with E-state index in [1.165, 1.54) is 0 Å². The second-order valence-electron chi connectivity index (χ2n) is 4.63. The highest BCUT2D eigenvalue weighted by molar-refractivity contribution is 5.83. The fourth-order valence-corrected chi connectivity index (χ4v) is 2.21. The molecule has 20 heavy (non-hydrogen) atoms. The predicted molar refractivity (Wildman–Crippen MR) is 81.7 cm³/mol. The number of aromatic nitrogens is 3. The van der Waals surface area contributed by atoms with Gasteiger partial charge in [-0.2, -0.15) is 0 Å². The summed E-state index contributed by atoms with van der Waals surface area (Å²) in [5, 5.41) is 4.36. The molecule has 2 aromatic heterocycles. The first-order valence-corrected chi connectivity index (χ1v) is 6.71. The van der Waals surface area contributed by atoms with Crippen molar-refractivity contribution in [3.63, 3.8) is 0 Å². The van der Waals surface area contributed by atoms with Crippen molar-refractivity contribution in [1.82, 2.24) is 15.0 Å². The number of hydrogen-bond acceptors (Lipinski definition) is 4. The molecule has 3 aromatic rings. The van der Waals surface area contributed by atoms with Gasteiger partial charge in [-0.25, -0.2) is 9.97 Å². The molecule has 0 unspecified atom stereocenters. The fraction of sp³-hybridized carbons (Fsp3) is 0.188. The summed E-state index contributed by atoms with van der Waals surface area (Å²) < 4.78 is 0. The summed E-state index contributed by atoms with van der Waals surface area (Å²) in [4.78, 5) is 13.3. The van der Waals surface area contributed by atoms with Crippen molar-refractivity contribution >= 4 is 16.7 Å². The first-order chi connectivity index (χ1) is 9.76. The number of hydrogen-bond donors (Lipinski definition) is 1. The van der Waals surface area contributed by atoms with E-state index >= 15 is 0 Å². The number of rotatable bonds is 3. The van der Waals surface area contributed by atoms with Crippen LogP contribution in [-0.4, -0.2) is 21.5 Å². The summed E-state index contributed by atoms with van der Waals surface area (Å²) in [7, 11) is 0. The second kappa shape index (κ2) is 5.25. The number of nitrogens with one attached hydrogen (secondary N) is 1. The van der Waals surface area contributed by atoms with E-state index in [1.807, 2.05) is 19.1 Å². The molecule has 4 nitrogen and oxygen atoms in total. The molecule has 0 aliphatic rings. The molecule has 0 radical (unpaired) electrons. The second-order valence-corrected chi connectivity index (χ2v) is 4.63. The van der Waals surface area contributed by atoms with Crippen LogP contribution in [0.1, 0.15) is 12.7 Å². The van der Waals surface area contributed by atoms with Gasteiger partial charge in [0.05, 0.1) is 11.2 Å². The van der Waals surface area contributed by atoms with Crippen molar-refractivity contribution in [1.29, 1.82) is 0 Å². The zero-order valence-electron chi connectivity index (χ0n) is 11.6. The van der Waals surface area contributed by atoms with Crippen LogP contribution in [-0.2, 0) is 0 Å². The van der Waals surface area contributed by atoms with Crippen molar-refractivity contribution in [2.24, 2.45) is 0 Å². The average Bonchev–Trinajstić information content (AvgIpc) is 2.46. The maximum atomic E-state index is 4.51. The van der Waals surface area contributed by atoms with Gasteiger partial charge in [-0.3, -0.25) is 4.98 Å². The van der Waals surface area contributed by atoms with Gasteiger partial charge in [-0.15, -0.1) is 0 Å². The topological polar surface area (TPSA) is 50.7 Å². The molecule has 0 atom stereocenters. The third-order valence-electron chi connectivity index (χ3n) is 3.10. The van der Waals surface area contributed by atoms with Crippen molar-refractivity contribution in [3.8, 4) is 11.3 Å². The van der Waals surface area contributed by atoms with Crippen molar-refractivity contribution in [2.75, 3.05) is 11.9 Å². The highest BCUT2D eigenvalue weighted by Crippen LogP contribution is 2.23. The smallest absolute Gasteiger partial charge is 0.130 e. The number of benzene rings is 1. The van der Waals surface area contributed by atoms with Gasteiger partial charge in [0, 0.05) is 29.8 Å². The molecule has 1 aromatic carbocycles. The van der Waals surface area contributed by atoms with Crippen LogP contribution < -0.4 is 5.32 Å². The maximum Gasteiger partial charge on any atom is 0.130 e. The van der Waals surface area contributed by atoms with Gasteiger partial charge in [0.25, 0.3) is 0 Å². The lowest BCUT2D eigenvalue weighted by Gasteiger charge is -2.07. The van der Waals surface area contributed by atoms with Crippen molar-refractivity contribution in [3.05, 3.63) is 48.4 Å². The summed E-state index contributed by atoms with van der Waals surface area (Å²) in [6.45, 7) is 4.80. The number of aryl methyl sites for hydroxylation is 1. The van der Waals surface area contributed by atoms with Crippen LogP contribution in [0.25, 0.3) is 22.2 Å². The molecule has 0 aliphatic carbocycles. The molecule has 0 fully saturated rings. The first-order valence-electron chi connectivity index (χ1n) is 6.71. The quantitative estimate of drug-likeness (QED) is 0.787. The molecule has 0 saturated heterocycles. The maximum absolute atomic E-state index is 4.51. The Morgan fingerprint density at radius 1 is 1.10 bits per heavy atom. The van der Waals surface area contributed by atoms with E-state index in [0.29, 0.717) is 0 Å². The molecule has 100 valence electrons. The zero-order valence-corrected chi connectivity index (χ0v) is 11.6. The number of pyridine rings is 1. The minimum Gasteiger partial charge on any atom is -0.370 e. The molecule has 0 aliphatic heterocycles. The summed E-state index contributed by atoms with van der Waals surface area (Å²) >= 11 is 0. The molecule has 0 bridgehead atoms. The number of fused-ring (bicyclic) bond motifs is 1. The third kappa shape index (κ3) is 2.45. The highest BCUT2D eigenvalue weighted by Gasteiger charge is 2.05. The molecular weight excluding hydrogens is 248 g/mol. The Kier molecular flexibility index (Phi) is 3.29. The third-order valence-corrected chi connectivity index (χ3v) is 3.10. The van der Waals surface area contributed by atoms with Crippen LogP contribution in [0.2, 0.25) is 0 Å². The minimum atomic E-state index is 0.763. The van der Waals surface area contributed by atoms with Crippen LogP contribution in [0.3, 0.4) is 0 Å². The normalized spacial score (nSPS) is 10.7. The van der Waals surface area contributed by atoms with E-state index in [4.69, 9.17) is 0 Å². The van der Waals surface area contributed by atoms with Crippen molar-refractivity contribution < 1.29 is 0 Å². The Bertz CT molecular complexity index is 752. The van der Waals surface area contributed by atoms with E-state index < -0.39 is 0 Å². The first kappa shape index (κ1) is 12.5. The average molecular weight is 264 g/mol. The Morgan fingerprint density at radius 2 is 2.00 bits per heavy atom. The summed E-state index contributed by atoms with van der Waals surface area (Å²) in [5.41, 5.74) is 2.95. The zero-order chi connectivity index (χ0) is 13.9. The summed E-state index contributed by atoms with van der Waals surface area (Å²) in [6, 6.07) is 12.2. The van der Waals surface area contributed by atoms with E-state index in [1.54, 1.807) is 6.20 Å². The van der Waals surface area contributed by atoms with Crippen molar-refractivity contribution in [2.45, 2.75) is 13.8 Å². The van der Waals surface area contributed by atoms with E-state index in [9.17, 15) is 0 Å². The Morgan fingerprint density at radius 3 is 2.85 bits per heavy atom. The fourth-order valence-electron chi connectivity index (χ4n) is 2.21. The number of nitrogens with zero attached hydrogens (tertiary/aromatic N) is 3. The van der Waals surface area contributed by atoms with Crippen LogP contribution in [0.5, 0.6) is 0 Å². The van der Waals surface area contributed by atoms with Gasteiger partial charge in [-0.05, 0) is 26.0 Å². The largest absolute Gasteiger partial charge is 0.370 e. The molecule has 0 amide bonds. The van der Waals surface area contributed by atoms with E-state index in [0.717, 1.165) is 40.3 Å². The molecular formula is C16H16N4. The monoisotopic (exact) mass is 264 g/mol. The Labute approximate surface area is 117 Å². The minimum absolute atomic E-state index is 0.763. The molecule has 0 spiro atoms. The van der Waals surface area contributed by atoms with E-state index in [2.05, 4.69) is 51.5 Å². The van der Waals surface area contributed by atoms with Crippen LogP contribution in [0, 0.1) is 6.92 Å². The molecule has 1 N–H and O–H groups in total. The highest BCUT2D eigenvalue weighted by atomic mass is 15.0. The van der Waals surface area contributed by atoms with Gasteiger partial charge in [0.2, 0.25) is 0 Å². The number of anilines is 1. The standard InChI is InChI=1S/C16H16N4/c1-3-17-16-10-15(19-11(2)20-16)13-7-6-12-5-4-8-18-14(12)9-13/h4-10H,3H2,1-2H3,(H,17,19,20). The van der Waals surface area contributed by atoms with Gasteiger partial charge in [-0.1, -0.05) is 18.2 Å². The van der Waals surface area contributed by atoms with Gasteiger partial charge in [0.15, 0.2) is 0 Å². The van der Waals surface area contributed by atoms with Crippen LogP contribution >= 0.6 is 0 Å². The SMILES string of the molecule is CCNc1cc(-c2ccc3cccnc3c2)nc(C)n1. The summed E-state index contributed by atoms with van der Waals surface area (Å²) in [5.74, 6) is 1.62. The van der Waals surface area contributed by atoms with Gasteiger partial charge >= 0.3 is 0 Å². The van der Waals surface area contributed by atoms with Crippen LogP contribution in [0.15, 0.2) is 42.6 Å². The Hall–Kier alpha value is -2.49. The summed E-state index contributed by atoms with van der Waals surface area (Å²) in [6.07, 6.45) is 1.81. The molecule has 4 heteroatoms. The lowest BCUT2D eigenvalue weighted by atomic mass is 10.1. The lowest BCUT2D eigenvalue weighted by molar-refractivity contribution is 1.04. The molecule has 2 heterocycles. The lowest BCUT2D eigenvalue weighted by Crippen LogP contribution is -2.02. The molecule has 3 rings (SSSR count). The molecule has 0 saturated carbocycles. The van der Waals surface area contributed by atoms with Crippen LogP contribution in [0.4, 0.5) is 5.82 Å².